The molecule has 1 rings (SSSR count). The second-order valence-corrected chi connectivity index (χ2v) is 2.37. The lowest BCUT2D eigenvalue weighted by molar-refractivity contribution is 0.505. The Balaban J connectivity index is -0.000000134. The first kappa shape index (κ1) is 18.8. The quantitative estimate of drug-likeness (QED) is 0.636. The second-order valence-electron chi connectivity index (χ2n) is 2.37. The summed E-state index contributed by atoms with van der Waals surface area (Å²) in [6.07, 6.45) is 3.50. The Morgan fingerprint density at radius 2 is 1.00 bits per heavy atom. The van der Waals surface area contributed by atoms with E-state index in [4.69, 9.17) is 0 Å². The predicted octanol–water partition coefficient (Wildman–Crippen LogP) is 3.31. The molecule has 2 heteroatoms. The van der Waals surface area contributed by atoms with Crippen LogP contribution < -0.4 is 0 Å². The van der Waals surface area contributed by atoms with Gasteiger partial charge in [-0.05, 0) is 33.3 Å². The van der Waals surface area contributed by atoms with E-state index in [1.165, 1.54) is 0 Å². The highest BCUT2D eigenvalue weighted by Crippen LogP contribution is 1.73. The summed E-state index contributed by atoms with van der Waals surface area (Å²) < 4.78 is 0. The van der Waals surface area contributed by atoms with E-state index in [9.17, 15) is 0 Å². The molecule has 1 heterocycles. The molecule has 0 aliphatic carbocycles. The smallest absolute Gasteiger partial charge is 0.0267 e. The molecule has 0 saturated heterocycles. The van der Waals surface area contributed by atoms with Crippen molar-refractivity contribution in [3.8, 4) is 0 Å². The van der Waals surface area contributed by atoms with Gasteiger partial charge in [-0.25, -0.2) is 0 Å². The first-order chi connectivity index (χ1) is 6.73. The minimum absolute atomic E-state index is 1.75. The zero-order valence-electron chi connectivity index (χ0n) is 10.8. The molecule has 0 spiro atoms. The summed E-state index contributed by atoms with van der Waals surface area (Å²) in [7, 11) is 6.00. The molecule has 0 aliphatic rings. The Bertz CT molecular complexity index is 109. The van der Waals surface area contributed by atoms with E-state index in [2.05, 4.69) is 4.98 Å². The maximum Gasteiger partial charge on any atom is 0.0267 e. The van der Waals surface area contributed by atoms with Crippen molar-refractivity contribution in [2.24, 2.45) is 0 Å². The van der Waals surface area contributed by atoms with Gasteiger partial charge in [-0.15, -0.1) is 0 Å². The summed E-state index contributed by atoms with van der Waals surface area (Å²) in [5, 5.41) is 0. The molecule has 0 amide bonds. The van der Waals surface area contributed by atoms with Crippen LogP contribution in [0.4, 0.5) is 0 Å². The van der Waals surface area contributed by atoms with Crippen molar-refractivity contribution >= 4 is 0 Å². The Kier molecular flexibility index (Phi) is 30.5. The summed E-state index contributed by atoms with van der Waals surface area (Å²) in [5.74, 6) is 0. The molecule has 14 heavy (non-hydrogen) atoms. The van der Waals surface area contributed by atoms with Crippen molar-refractivity contribution in [1.82, 2.24) is 9.88 Å². The SMILES string of the molecule is CC.CC.CN(C)C.c1ccncc1. The fourth-order valence-electron chi connectivity index (χ4n) is 0.313. The predicted molar refractivity (Wildman–Crippen MR) is 66.5 cm³/mol. The molecule has 0 bridgehead atoms. The van der Waals surface area contributed by atoms with E-state index in [1.54, 1.807) is 12.4 Å². The molecule has 0 fully saturated rings. The Morgan fingerprint density at radius 1 is 0.714 bits per heavy atom. The average Bonchev–Trinajstić information content (AvgIpc) is 2.25. The average molecular weight is 198 g/mol. The van der Waals surface area contributed by atoms with Crippen LogP contribution in [0.5, 0.6) is 0 Å². The van der Waals surface area contributed by atoms with Gasteiger partial charge >= 0.3 is 0 Å². The molecule has 0 aromatic carbocycles. The van der Waals surface area contributed by atoms with Gasteiger partial charge in [-0.2, -0.15) is 0 Å². The highest BCUT2D eigenvalue weighted by molar-refractivity contribution is 4.88. The highest BCUT2D eigenvalue weighted by Gasteiger charge is 1.58. The third-order valence-corrected chi connectivity index (χ3v) is 0.566. The molecule has 1 aromatic rings. The van der Waals surface area contributed by atoms with Crippen molar-refractivity contribution in [2.75, 3.05) is 21.1 Å². The lowest BCUT2D eigenvalue weighted by Crippen LogP contribution is -1.99. The van der Waals surface area contributed by atoms with Crippen molar-refractivity contribution < 1.29 is 0 Å². The minimum atomic E-state index is 1.75. The normalized spacial score (nSPS) is 6.86. The van der Waals surface area contributed by atoms with Crippen LogP contribution in [0.25, 0.3) is 0 Å². The van der Waals surface area contributed by atoms with Gasteiger partial charge in [-0.1, -0.05) is 33.8 Å². The summed E-state index contributed by atoms with van der Waals surface area (Å²) in [6, 6.07) is 5.72. The van der Waals surface area contributed by atoms with Crippen LogP contribution >= 0.6 is 0 Å². The lowest BCUT2D eigenvalue weighted by atomic mass is 10.5. The van der Waals surface area contributed by atoms with E-state index in [1.807, 2.05) is 71.9 Å². The number of aromatic nitrogens is 1. The van der Waals surface area contributed by atoms with E-state index in [-0.39, 0.29) is 0 Å². The topological polar surface area (TPSA) is 16.1 Å². The highest BCUT2D eigenvalue weighted by atomic mass is 15.0. The standard InChI is InChI=1S/C5H5N.C3H9N.2C2H6/c1-2-4-6-5-3-1;1-4(2)3;2*1-2/h1-5H;1-3H3;2*1-2H3. The van der Waals surface area contributed by atoms with Gasteiger partial charge in [0.1, 0.15) is 0 Å². The van der Waals surface area contributed by atoms with Crippen LogP contribution in [0.1, 0.15) is 27.7 Å². The van der Waals surface area contributed by atoms with Gasteiger partial charge in [0.15, 0.2) is 0 Å². The fourth-order valence-corrected chi connectivity index (χ4v) is 0.313. The Hall–Kier alpha value is -0.890. The maximum absolute atomic E-state index is 3.78. The summed E-state index contributed by atoms with van der Waals surface area (Å²) in [4.78, 5) is 5.78. The molecule has 1 aromatic heterocycles. The first-order valence-corrected chi connectivity index (χ1v) is 5.19. The number of hydrogen-bond acceptors (Lipinski definition) is 2. The summed E-state index contributed by atoms with van der Waals surface area (Å²) in [5.41, 5.74) is 0. The fraction of sp³-hybridized carbons (Fsp3) is 0.583. The largest absolute Gasteiger partial charge is 0.312 e. The van der Waals surface area contributed by atoms with Crippen LogP contribution in [-0.2, 0) is 0 Å². The van der Waals surface area contributed by atoms with Gasteiger partial charge < -0.3 is 4.90 Å². The number of hydrogen-bond donors (Lipinski definition) is 0. The zero-order valence-corrected chi connectivity index (χ0v) is 10.8. The Morgan fingerprint density at radius 3 is 1.07 bits per heavy atom. The first-order valence-electron chi connectivity index (χ1n) is 5.19. The molecule has 2 nitrogen and oxygen atoms in total. The molecule has 84 valence electrons. The maximum atomic E-state index is 3.78. The van der Waals surface area contributed by atoms with Crippen molar-refractivity contribution in [1.29, 1.82) is 0 Å². The summed E-state index contributed by atoms with van der Waals surface area (Å²) in [6.45, 7) is 8.00. The van der Waals surface area contributed by atoms with Crippen molar-refractivity contribution in [3.05, 3.63) is 30.6 Å². The van der Waals surface area contributed by atoms with Crippen molar-refractivity contribution in [3.63, 3.8) is 0 Å². The van der Waals surface area contributed by atoms with E-state index in [0.29, 0.717) is 0 Å². The number of nitrogens with zero attached hydrogens (tertiary/aromatic N) is 2. The molecule has 0 saturated carbocycles. The molecule has 0 aliphatic heterocycles. The second kappa shape index (κ2) is 22.7. The molecule has 0 N–H and O–H groups in total. The van der Waals surface area contributed by atoms with Gasteiger partial charge in [0.05, 0.1) is 0 Å². The molecular formula is C12H26N2. The van der Waals surface area contributed by atoms with Gasteiger partial charge in [0.2, 0.25) is 0 Å². The van der Waals surface area contributed by atoms with Crippen LogP contribution in [0.2, 0.25) is 0 Å². The lowest BCUT2D eigenvalue weighted by Gasteiger charge is -1.90. The molecule has 0 atom stereocenters. The van der Waals surface area contributed by atoms with Gasteiger partial charge in [0.25, 0.3) is 0 Å². The number of pyridine rings is 1. The third-order valence-electron chi connectivity index (χ3n) is 0.566. The Labute approximate surface area is 90.0 Å². The van der Waals surface area contributed by atoms with E-state index >= 15 is 0 Å². The van der Waals surface area contributed by atoms with Crippen LogP contribution in [0.15, 0.2) is 30.6 Å². The van der Waals surface area contributed by atoms with Crippen LogP contribution in [0.3, 0.4) is 0 Å². The van der Waals surface area contributed by atoms with Gasteiger partial charge in [-0.3, -0.25) is 4.98 Å². The number of rotatable bonds is 0. The minimum Gasteiger partial charge on any atom is -0.312 e. The van der Waals surface area contributed by atoms with E-state index in [0.717, 1.165) is 0 Å². The van der Waals surface area contributed by atoms with Gasteiger partial charge in [0, 0.05) is 12.4 Å². The monoisotopic (exact) mass is 198 g/mol. The molecule has 0 radical (unpaired) electrons. The molecule has 0 unspecified atom stereocenters. The van der Waals surface area contributed by atoms with Crippen LogP contribution in [-0.4, -0.2) is 31.0 Å². The molecular weight excluding hydrogens is 172 g/mol. The van der Waals surface area contributed by atoms with E-state index < -0.39 is 0 Å². The summed E-state index contributed by atoms with van der Waals surface area (Å²) >= 11 is 0. The zero-order chi connectivity index (χ0) is 11.8. The van der Waals surface area contributed by atoms with Crippen LogP contribution in [0, 0.1) is 0 Å². The third kappa shape index (κ3) is 43.5. The van der Waals surface area contributed by atoms with Crippen molar-refractivity contribution in [2.45, 2.75) is 27.7 Å².